The van der Waals surface area contributed by atoms with Crippen LogP contribution in [0.1, 0.15) is 24.8 Å². The molecule has 2 rings (SSSR count). The van der Waals surface area contributed by atoms with Gasteiger partial charge >= 0.3 is 0 Å². The van der Waals surface area contributed by atoms with Crippen molar-refractivity contribution in [2.75, 3.05) is 26.7 Å². The summed E-state index contributed by atoms with van der Waals surface area (Å²) in [6, 6.07) is 6.32. The van der Waals surface area contributed by atoms with Gasteiger partial charge in [0.05, 0.1) is 5.92 Å². The minimum Gasteiger partial charge on any atom is -0.342 e. The Kier molecular flexibility index (Phi) is 6.43. The first-order chi connectivity index (χ1) is 9.11. The van der Waals surface area contributed by atoms with Gasteiger partial charge in [0.15, 0.2) is 0 Å². The Balaban J connectivity index is 0.00000200. The normalized spacial score (nSPS) is 19.6. The number of nitrogens with zero attached hydrogens (tertiary/aromatic N) is 1. The highest BCUT2D eigenvalue weighted by molar-refractivity contribution is 5.85. The Morgan fingerprint density at radius 2 is 2.30 bits per heavy atom. The Hall–Kier alpha value is -1.13. The number of hydrogen-bond acceptors (Lipinski definition) is 2. The summed E-state index contributed by atoms with van der Waals surface area (Å²) >= 11 is 0. The molecule has 1 aromatic rings. The van der Waals surface area contributed by atoms with E-state index in [1.54, 1.807) is 6.07 Å². The fourth-order valence-corrected chi connectivity index (χ4v) is 2.68. The Labute approximate surface area is 125 Å². The molecule has 0 saturated carbocycles. The molecule has 0 radical (unpaired) electrons. The van der Waals surface area contributed by atoms with E-state index in [1.807, 2.05) is 24.9 Å². The van der Waals surface area contributed by atoms with Crippen LogP contribution in [0.2, 0.25) is 0 Å². The molecule has 0 aliphatic carbocycles. The maximum atomic E-state index is 13.2. The van der Waals surface area contributed by atoms with Crippen LogP contribution in [0.4, 0.5) is 4.39 Å². The summed E-state index contributed by atoms with van der Waals surface area (Å²) in [6.07, 6.45) is 1.04. The molecular formula is C15H22ClFN2O. The lowest BCUT2D eigenvalue weighted by atomic mass is 10.00. The lowest BCUT2D eigenvalue weighted by Crippen LogP contribution is -2.33. The van der Waals surface area contributed by atoms with E-state index < -0.39 is 0 Å². The van der Waals surface area contributed by atoms with Crippen LogP contribution < -0.4 is 5.32 Å². The van der Waals surface area contributed by atoms with E-state index in [-0.39, 0.29) is 30.0 Å². The summed E-state index contributed by atoms with van der Waals surface area (Å²) in [5.74, 6) is 0.0773. The third-order valence-corrected chi connectivity index (χ3v) is 3.81. The van der Waals surface area contributed by atoms with Crippen molar-refractivity contribution in [3.05, 3.63) is 35.6 Å². The van der Waals surface area contributed by atoms with E-state index in [2.05, 4.69) is 5.32 Å². The zero-order valence-corrected chi connectivity index (χ0v) is 12.8. The first-order valence-electron chi connectivity index (χ1n) is 6.80. The van der Waals surface area contributed by atoms with Gasteiger partial charge < -0.3 is 10.2 Å². The average Bonchev–Trinajstić information content (AvgIpc) is 2.86. The number of nitrogens with one attached hydrogen (secondary N) is 1. The second-order valence-corrected chi connectivity index (χ2v) is 5.27. The van der Waals surface area contributed by atoms with E-state index >= 15 is 0 Å². The molecule has 5 heteroatoms. The molecule has 0 spiro atoms. The van der Waals surface area contributed by atoms with E-state index in [1.165, 1.54) is 12.1 Å². The summed E-state index contributed by atoms with van der Waals surface area (Å²) in [5.41, 5.74) is 0.752. The topological polar surface area (TPSA) is 32.3 Å². The quantitative estimate of drug-likeness (QED) is 0.926. The molecule has 2 atom stereocenters. The molecule has 1 aromatic carbocycles. The van der Waals surface area contributed by atoms with Crippen molar-refractivity contribution in [1.82, 2.24) is 10.2 Å². The van der Waals surface area contributed by atoms with Crippen LogP contribution in [0.25, 0.3) is 0 Å². The van der Waals surface area contributed by atoms with Gasteiger partial charge in [-0.25, -0.2) is 4.39 Å². The van der Waals surface area contributed by atoms with Crippen LogP contribution in [-0.4, -0.2) is 37.5 Å². The summed E-state index contributed by atoms with van der Waals surface area (Å²) in [5, 5.41) is 3.15. The average molecular weight is 301 g/mol. The summed E-state index contributed by atoms with van der Waals surface area (Å²) in [4.78, 5) is 14.3. The molecule has 1 saturated heterocycles. The van der Waals surface area contributed by atoms with Crippen LogP contribution in [0.5, 0.6) is 0 Å². The van der Waals surface area contributed by atoms with Crippen LogP contribution in [-0.2, 0) is 4.79 Å². The first-order valence-corrected chi connectivity index (χ1v) is 6.80. The monoisotopic (exact) mass is 300 g/mol. The van der Waals surface area contributed by atoms with Crippen molar-refractivity contribution in [2.45, 2.75) is 19.3 Å². The van der Waals surface area contributed by atoms with Crippen LogP contribution in [0.3, 0.4) is 0 Å². The smallest absolute Gasteiger partial charge is 0.229 e. The highest BCUT2D eigenvalue weighted by Crippen LogP contribution is 2.23. The Morgan fingerprint density at radius 3 is 2.95 bits per heavy atom. The van der Waals surface area contributed by atoms with E-state index in [0.29, 0.717) is 5.92 Å². The molecule has 1 fully saturated rings. The fourth-order valence-electron chi connectivity index (χ4n) is 2.68. The molecule has 2 unspecified atom stereocenters. The van der Waals surface area contributed by atoms with Crippen molar-refractivity contribution in [1.29, 1.82) is 0 Å². The van der Waals surface area contributed by atoms with Crippen molar-refractivity contribution < 1.29 is 9.18 Å². The highest BCUT2D eigenvalue weighted by Gasteiger charge is 2.29. The number of carbonyl (C=O) groups excluding carboxylic acids is 1. The minimum absolute atomic E-state index is 0. The molecule has 112 valence electrons. The third-order valence-electron chi connectivity index (χ3n) is 3.81. The Morgan fingerprint density at radius 1 is 1.55 bits per heavy atom. The molecule has 1 amide bonds. The standard InChI is InChI=1S/C15H21FN2O.ClH/c1-11(13-4-3-5-14(16)8-13)15(19)18-7-6-12(10-18)9-17-2;/h3-5,8,11-12,17H,6-7,9-10H2,1-2H3;1H. The van der Waals surface area contributed by atoms with Crippen LogP contribution in [0.15, 0.2) is 24.3 Å². The molecule has 0 bridgehead atoms. The fraction of sp³-hybridized carbons (Fsp3) is 0.533. The van der Waals surface area contributed by atoms with Crippen molar-refractivity contribution in [2.24, 2.45) is 5.92 Å². The van der Waals surface area contributed by atoms with Gasteiger partial charge in [-0.2, -0.15) is 0 Å². The Bertz CT molecular complexity index is 455. The summed E-state index contributed by atoms with van der Waals surface area (Å²) in [7, 11) is 1.93. The molecule has 1 N–H and O–H groups in total. The van der Waals surface area contributed by atoms with Gasteiger partial charge in [0, 0.05) is 13.1 Å². The van der Waals surface area contributed by atoms with E-state index in [0.717, 1.165) is 31.6 Å². The maximum absolute atomic E-state index is 13.2. The number of rotatable bonds is 4. The summed E-state index contributed by atoms with van der Waals surface area (Å²) in [6.45, 7) is 4.41. The summed E-state index contributed by atoms with van der Waals surface area (Å²) < 4.78 is 13.2. The number of halogens is 2. The lowest BCUT2D eigenvalue weighted by molar-refractivity contribution is -0.131. The second kappa shape index (κ2) is 7.60. The third kappa shape index (κ3) is 3.93. The second-order valence-electron chi connectivity index (χ2n) is 5.27. The van der Waals surface area contributed by atoms with Gasteiger partial charge in [-0.15, -0.1) is 12.4 Å². The lowest BCUT2D eigenvalue weighted by Gasteiger charge is -2.21. The molecule has 0 aromatic heterocycles. The van der Waals surface area contributed by atoms with Crippen LogP contribution in [0, 0.1) is 11.7 Å². The zero-order valence-electron chi connectivity index (χ0n) is 11.9. The predicted octanol–water partition coefficient (Wildman–Crippen LogP) is 2.42. The molecule has 1 aliphatic heterocycles. The van der Waals surface area contributed by atoms with Crippen LogP contribution >= 0.6 is 12.4 Å². The number of benzene rings is 1. The number of carbonyl (C=O) groups is 1. The predicted molar refractivity (Wildman–Crippen MR) is 80.7 cm³/mol. The molecule has 1 aliphatic rings. The van der Waals surface area contributed by atoms with E-state index in [4.69, 9.17) is 0 Å². The van der Waals surface area contributed by atoms with Crippen molar-refractivity contribution in [3.63, 3.8) is 0 Å². The van der Waals surface area contributed by atoms with Gasteiger partial charge in [-0.1, -0.05) is 12.1 Å². The molecule has 3 nitrogen and oxygen atoms in total. The van der Waals surface area contributed by atoms with Gasteiger partial charge in [0.25, 0.3) is 0 Å². The first kappa shape index (κ1) is 16.9. The van der Waals surface area contributed by atoms with Gasteiger partial charge in [-0.3, -0.25) is 4.79 Å². The number of hydrogen-bond donors (Lipinski definition) is 1. The SMILES string of the molecule is CNCC1CCN(C(=O)C(C)c2cccc(F)c2)C1.Cl. The van der Waals surface area contributed by atoms with Gasteiger partial charge in [0.2, 0.25) is 5.91 Å². The molecular weight excluding hydrogens is 279 g/mol. The van der Waals surface area contributed by atoms with Gasteiger partial charge in [0.1, 0.15) is 5.82 Å². The van der Waals surface area contributed by atoms with E-state index in [9.17, 15) is 9.18 Å². The number of likely N-dealkylation sites (tertiary alicyclic amines) is 1. The maximum Gasteiger partial charge on any atom is 0.229 e. The zero-order chi connectivity index (χ0) is 13.8. The van der Waals surface area contributed by atoms with Crippen molar-refractivity contribution >= 4 is 18.3 Å². The number of amides is 1. The largest absolute Gasteiger partial charge is 0.342 e. The van der Waals surface area contributed by atoms with Crippen molar-refractivity contribution in [3.8, 4) is 0 Å². The highest BCUT2D eigenvalue weighted by atomic mass is 35.5. The van der Waals surface area contributed by atoms with Gasteiger partial charge in [-0.05, 0) is 50.6 Å². The minimum atomic E-state index is -0.286. The molecule has 20 heavy (non-hydrogen) atoms. The molecule has 1 heterocycles.